The highest BCUT2D eigenvalue weighted by Crippen LogP contribution is 2.02. The Balaban J connectivity index is 4.06. The molecule has 0 fully saturated rings. The van der Waals surface area contributed by atoms with E-state index in [4.69, 9.17) is 0 Å². The van der Waals surface area contributed by atoms with Gasteiger partial charge in [0.15, 0.2) is 0 Å². The highest BCUT2D eigenvalue weighted by molar-refractivity contribution is 5.88. The van der Waals surface area contributed by atoms with Crippen molar-refractivity contribution < 1.29 is 9.53 Å². The van der Waals surface area contributed by atoms with Crippen molar-refractivity contribution in [3.8, 4) is 0 Å². The Morgan fingerprint density at radius 1 is 1.33 bits per heavy atom. The fourth-order valence-electron chi connectivity index (χ4n) is 1.43. The zero-order valence-electron chi connectivity index (χ0n) is 10.3. The van der Waals surface area contributed by atoms with Gasteiger partial charge in [-0.25, -0.2) is 4.79 Å². The normalized spacial score (nSPS) is 11.9. The van der Waals surface area contributed by atoms with Crippen LogP contribution in [-0.2, 0) is 9.53 Å². The highest BCUT2D eigenvalue weighted by atomic mass is 16.5. The molecule has 3 nitrogen and oxygen atoms in total. The van der Waals surface area contributed by atoms with Crippen LogP contribution < -0.4 is 5.32 Å². The molecule has 1 N–H and O–H groups in total. The Morgan fingerprint density at radius 3 is 2.33 bits per heavy atom. The van der Waals surface area contributed by atoms with Crippen LogP contribution in [0.2, 0.25) is 0 Å². The summed E-state index contributed by atoms with van der Waals surface area (Å²) >= 11 is 0. The molecule has 0 heterocycles. The standard InChI is InChI=1S/C12H23NO2/c1-5-10(12(14)15-4)8-9-13-11(6-2)7-3/h8,11,13H,5-7,9H2,1-4H3/b10-8-. The summed E-state index contributed by atoms with van der Waals surface area (Å²) in [5.41, 5.74) is 0.746. The molecule has 0 aliphatic carbocycles. The number of rotatable bonds is 7. The van der Waals surface area contributed by atoms with E-state index in [1.165, 1.54) is 7.11 Å². The van der Waals surface area contributed by atoms with Gasteiger partial charge in [0.1, 0.15) is 0 Å². The first-order chi connectivity index (χ1) is 7.19. The molecule has 0 rings (SSSR count). The molecule has 0 aliphatic rings. The number of carbonyl (C=O) groups is 1. The first kappa shape index (κ1) is 14.2. The van der Waals surface area contributed by atoms with Crippen molar-refractivity contribution in [2.24, 2.45) is 0 Å². The van der Waals surface area contributed by atoms with E-state index in [1.54, 1.807) is 0 Å². The average molecular weight is 213 g/mol. The molecule has 15 heavy (non-hydrogen) atoms. The first-order valence-corrected chi connectivity index (χ1v) is 5.70. The van der Waals surface area contributed by atoms with Crippen LogP contribution in [-0.4, -0.2) is 25.7 Å². The summed E-state index contributed by atoms with van der Waals surface area (Å²) in [5.74, 6) is -0.219. The lowest BCUT2D eigenvalue weighted by Crippen LogP contribution is -2.28. The van der Waals surface area contributed by atoms with Gasteiger partial charge in [-0.3, -0.25) is 0 Å². The van der Waals surface area contributed by atoms with E-state index in [9.17, 15) is 4.79 Å². The summed E-state index contributed by atoms with van der Waals surface area (Å²) in [4.78, 5) is 11.2. The van der Waals surface area contributed by atoms with E-state index in [0.29, 0.717) is 6.04 Å². The number of hydrogen-bond donors (Lipinski definition) is 1. The second-order valence-electron chi connectivity index (χ2n) is 3.50. The maximum Gasteiger partial charge on any atom is 0.333 e. The maximum absolute atomic E-state index is 11.2. The zero-order chi connectivity index (χ0) is 11.7. The molecule has 0 unspecified atom stereocenters. The molecule has 0 aromatic heterocycles. The van der Waals surface area contributed by atoms with Crippen molar-refractivity contribution in [3.63, 3.8) is 0 Å². The number of nitrogens with one attached hydrogen (secondary N) is 1. The van der Waals surface area contributed by atoms with Crippen LogP contribution in [0.5, 0.6) is 0 Å². The second-order valence-corrected chi connectivity index (χ2v) is 3.50. The molecule has 0 saturated heterocycles. The van der Waals surface area contributed by atoms with Gasteiger partial charge in [0, 0.05) is 18.2 Å². The molecule has 0 amide bonds. The zero-order valence-corrected chi connectivity index (χ0v) is 10.3. The number of carbonyl (C=O) groups excluding carboxylic acids is 1. The van der Waals surface area contributed by atoms with E-state index in [2.05, 4.69) is 23.9 Å². The fraction of sp³-hybridized carbons (Fsp3) is 0.750. The number of esters is 1. The fourth-order valence-corrected chi connectivity index (χ4v) is 1.43. The van der Waals surface area contributed by atoms with Crippen LogP contribution in [0.3, 0.4) is 0 Å². The number of hydrogen-bond acceptors (Lipinski definition) is 3. The molecule has 0 bridgehead atoms. The van der Waals surface area contributed by atoms with Gasteiger partial charge < -0.3 is 10.1 Å². The minimum absolute atomic E-state index is 0.219. The minimum atomic E-state index is -0.219. The summed E-state index contributed by atoms with van der Waals surface area (Å²) in [5, 5.41) is 3.38. The van der Waals surface area contributed by atoms with Crippen molar-refractivity contribution in [3.05, 3.63) is 11.6 Å². The Kier molecular flexibility index (Phi) is 8.01. The van der Waals surface area contributed by atoms with Crippen LogP contribution >= 0.6 is 0 Å². The number of methoxy groups -OCH3 is 1. The lowest BCUT2D eigenvalue weighted by Gasteiger charge is -2.13. The predicted octanol–water partition coefficient (Wildman–Crippen LogP) is 2.27. The SMILES string of the molecule is CC/C(=C/CNC(CC)CC)C(=O)OC. The molecule has 0 aromatic rings. The molecule has 0 aromatic carbocycles. The van der Waals surface area contributed by atoms with Gasteiger partial charge in [0.25, 0.3) is 0 Å². The third kappa shape index (κ3) is 5.57. The number of ether oxygens (including phenoxy) is 1. The van der Waals surface area contributed by atoms with Crippen LogP contribution in [0.15, 0.2) is 11.6 Å². The molecular weight excluding hydrogens is 190 g/mol. The Labute approximate surface area is 92.9 Å². The maximum atomic E-state index is 11.2. The molecular formula is C12H23NO2. The molecule has 0 aliphatic heterocycles. The molecule has 0 spiro atoms. The molecule has 0 radical (unpaired) electrons. The second kappa shape index (κ2) is 8.48. The molecule has 0 saturated carbocycles. The quantitative estimate of drug-likeness (QED) is 0.521. The van der Waals surface area contributed by atoms with E-state index >= 15 is 0 Å². The largest absolute Gasteiger partial charge is 0.466 e. The van der Waals surface area contributed by atoms with Crippen LogP contribution in [0.25, 0.3) is 0 Å². The van der Waals surface area contributed by atoms with Gasteiger partial charge in [-0.15, -0.1) is 0 Å². The van der Waals surface area contributed by atoms with Crippen molar-refractivity contribution in [2.45, 2.75) is 46.1 Å². The smallest absolute Gasteiger partial charge is 0.333 e. The average Bonchev–Trinajstić information content (AvgIpc) is 2.28. The van der Waals surface area contributed by atoms with E-state index in [0.717, 1.165) is 31.4 Å². The molecule has 88 valence electrons. The summed E-state index contributed by atoms with van der Waals surface area (Å²) in [6.07, 6.45) is 4.87. The summed E-state index contributed by atoms with van der Waals surface area (Å²) < 4.78 is 4.68. The molecule has 3 heteroatoms. The monoisotopic (exact) mass is 213 g/mol. The Bertz CT molecular complexity index is 208. The predicted molar refractivity (Wildman–Crippen MR) is 62.8 cm³/mol. The van der Waals surface area contributed by atoms with E-state index in [-0.39, 0.29) is 5.97 Å². The van der Waals surface area contributed by atoms with Crippen LogP contribution in [0.4, 0.5) is 0 Å². The van der Waals surface area contributed by atoms with Crippen molar-refractivity contribution in [1.29, 1.82) is 0 Å². The lowest BCUT2D eigenvalue weighted by atomic mass is 10.1. The third-order valence-electron chi connectivity index (χ3n) is 2.57. The van der Waals surface area contributed by atoms with E-state index < -0.39 is 0 Å². The summed E-state index contributed by atoms with van der Waals surface area (Å²) in [6, 6.07) is 0.539. The lowest BCUT2D eigenvalue weighted by molar-refractivity contribution is -0.136. The molecule has 0 atom stereocenters. The van der Waals surface area contributed by atoms with Gasteiger partial charge in [0.05, 0.1) is 7.11 Å². The highest BCUT2D eigenvalue weighted by Gasteiger charge is 2.06. The third-order valence-corrected chi connectivity index (χ3v) is 2.57. The van der Waals surface area contributed by atoms with Crippen LogP contribution in [0.1, 0.15) is 40.0 Å². The van der Waals surface area contributed by atoms with E-state index in [1.807, 2.05) is 13.0 Å². The van der Waals surface area contributed by atoms with Gasteiger partial charge in [-0.2, -0.15) is 0 Å². The van der Waals surface area contributed by atoms with Crippen molar-refractivity contribution in [2.75, 3.05) is 13.7 Å². The van der Waals surface area contributed by atoms with Gasteiger partial charge in [-0.05, 0) is 19.3 Å². The van der Waals surface area contributed by atoms with Crippen LogP contribution in [0, 0.1) is 0 Å². The van der Waals surface area contributed by atoms with Crippen molar-refractivity contribution in [1.82, 2.24) is 5.32 Å². The first-order valence-electron chi connectivity index (χ1n) is 5.70. The van der Waals surface area contributed by atoms with Gasteiger partial charge in [0.2, 0.25) is 0 Å². The topological polar surface area (TPSA) is 38.3 Å². The Morgan fingerprint density at radius 2 is 1.93 bits per heavy atom. The van der Waals surface area contributed by atoms with Gasteiger partial charge >= 0.3 is 5.97 Å². The Hall–Kier alpha value is -0.830. The van der Waals surface area contributed by atoms with Gasteiger partial charge in [-0.1, -0.05) is 26.8 Å². The summed E-state index contributed by atoms with van der Waals surface area (Å²) in [6.45, 7) is 7.02. The minimum Gasteiger partial charge on any atom is -0.466 e. The summed E-state index contributed by atoms with van der Waals surface area (Å²) in [7, 11) is 1.42. The van der Waals surface area contributed by atoms with Crippen molar-refractivity contribution >= 4 is 5.97 Å².